The summed E-state index contributed by atoms with van der Waals surface area (Å²) in [5.41, 5.74) is 0. The van der Waals surface area contributed by atoms with E-state index in [0.717, 1.165) is 0 Å². The molecule has 9 N–H and O–H groups in total. The van der Waals surface area contributed by atoms with E-state index in [1.165, 1.54) is 7.05 Å². The van der Waals surface area contributed by atoms with Crippen LogP contribution < -0.4 is 5.32 Å². The first-order chi connectivity index (χ1) is 11.7. The Morgan fingerprint density at radius 1 is 1.12 bits per heavy atom. The van der Waals surface area contributed by atoms with Gasteiger partial charge in [0.1, 0.15) is 42.7 Å². The molecule has 1 fully saturated rings. The van der Waals surface area contributed by atoms with Crippen molar-refractivity contribution in [2.24, 2.45) is 0 Å². The Hall–Kier alpha value is -0.930. The lowest BCUT2D eigenvalue weighted by molar-refractivity contribution is -0.326. The van der Waals surface area contributed by atoms with Gasteiger partial charge in [-0.15, -0.1) is 0 Å². The maximum Gasteiger partial charge on any atom is 0.251 e. The fourth-order valence-corrected chi connectivity index (χ4v) is 2.32. The highest BCUT2D eigenvalue weighted by Crippen LogP contribution is 2.24. The summed E-state index contributed by atoms with van der Waals surface area (Å²) >= 11 is 0. The zero-order chi connectivity index (χ0) is 19.3. The smallest absolute Gasteiger partial charge is 0.251 e. The van der Waals surface area contributed by atoms with Crippen molar-refractivity contribution >= 4 is 5.91 Å². The van der Waals surface area contributed by atoms with Crippen molar-refractivity contribution in [1.29, 1.82) is 0 Å². The van der Waals surface area contributed by atoms with Crippen molar-refractivity contribution in [2.45, 2.75) is 55.1 Å². The minimum Gasteiger partial charge on any atom is -0.394 e. The van der Waals surface area contributed by atoms with Crippen molar-refractivity contribution in [3.05, 3.63) is 0 Å². The SMILES string of the molecule is CNC(=O)C(O)C(O)C(OC1OC(CO)C(O)C(O)C1O)C(O)CO. The molecule has 1 amide bonds. The molecule has 0 bridgehead atoms. The van der Waals surface area contributed by atoms with Crippen LogP contribution in [0.2, 0.25) is 0 Å². The lowest BCUT2D eigenvalue weighted by Gasteiger charge is -2.42. The number of ether oxygens (including phenoxy) is 2. The van der Waals surface area contributed by atoms with E-state index in [4.69, 9.17) is 19.7 Å². The third kappa shape index (κ3) is 5.04. The van der Waals surface area contributed by atoms with Crippen LogP contribution in [0, 0.1) is 0 Å². The van der Waals surface area contributed by atoms with Crippen molar-refractivity contribution in [1.82, 2.24) is 5.32 Å². The quantitative estimate of drug-likeness (QED) is 0.196. The van der Waals surface area contributed by atoms with Crippen LogP contribution in [0.4, 0.5) is 0 Å². The molecule has 0 aromatic heterocycles. The van der Waals surface area contributed by atoms with Crippen LogP contribution in [-0.4, -0.2) is 122 Å². The number of hydrogen-bond donors (Lipinski definition) is 9. The first-order valence-electron chi connectivity index (χ1n) is 7.52. The van der Waals surface area contributed by atoms with Gasteiger partial charge in [0.15, 0.2) is 12.4 Å². The van der Waals surface area contributed by atoms with Gasteiger partial charge in [0.2, 0.25) is 0 Å². The van der Waals surface area contributed by atoms with Crippen molar-refractivity contribution in [3.8, 4) is 0 Å². The summed E-state index contributed by atoms with van der Waals surface area (Å²) in [6.45, 7) is -1.67. The van der Waals surface area contributed by atoms with E-state index in [1.54, 1.807) is 0 Å². The van der Waals surface area contributed by atoms with E-state index in [9.17, 15) is 35.4 Å². The fraction of sp³-hybridized carbons (Fsp3) is 0.923. The van der Waals surface area contributed by atoms with Crippen LogP contribution in [0.1, 0.15) is 0 Å². The molecular weight excluding hydrogens is 346 g/mol. The van der Waals surface area contributed by atoms with E-state index in [2.05, 4.69) is 5.32 Å². The molecule has 1 aliphatic rings. The molecule has 0 radical (unpaired) electrons. The summed E-state index contributed by atoms with van der Waals surface area (Å²) in [7, 11) is 1.19. The summed E-state index contributed by atoms with van der Waals surface area (Å²) in [6, 6.07) is 0. The third-order valence-corrected chi connectivity index (χ3v) is 3.88. The number of amides is 1. The van der Waals surface area contributed by atoms with Gasteiger partial charge in [-0.25, -0.2) is 0 Å². The Morgan fingerprint density at radius 2 is 1.72 bits per heavy atom. The number of carbonyl (C=O) groups excluding carboxylic acids is 1. The van der Waals surface area contributed by atoms with Gasteiger partial charge >= 0.3 is 0 Å². The van der Waals surface area contributed by atoms with Crippen molar-refractivity contribution in [2.75, 3.05) is 20.3 Å². The molecule has 0 saturated carbocycles. The van der Waals surface area contributed by atoms with Crippen LogP contribution in [0.25, 0.3) is 0 Å². The molecule has 9 atom stereocenters. The number of aliphatic hydroxyl groups excluding tert-OH is 8. The molecule has 1 heterocycles. The van der Waals surface area contributed by atoms with E-state index in [-0.39, 0.29) is 0 Å². The molecule has 0 spiro atoms. The van der Waals surface area contributed by atoms with Crippen molar-refractivity contribution in [3.63, 3.8) is 0 Å². The number of rotatable bonds is 8. The van der Waals surface area contributed by atoms with Crippen molar-refractivity contribution < 1.29 is 55.1 Å². The van der Waals surface area contributed by atoms with Crippen LogP contribution >= 0.6 is 0 Å². The van der Waals surface area contributed by atoms with Gasteiger partial charge in [-0.05, 0) is 0 Å². The molecular formula is C13H25NO11. The van der Waals surface area contributed by atoms with Gasteiger partial charge in [0.25, 0.3) is 5.91 Å². The van der Waals surface area contributed by atoms with Gasteiger partial charge in [-0.1, -0.05) is 0 Å². The molecule has 12 heteroatoms. The van der Waals surface area contributed by atoms with Gasteiger partial charge in [0, 0.05) is 7.05 Å². The Morgan fingerprint density at radius 3 is 2.20 bits per heavy atom. The molecule has 0 aromatic carbocycles. The molecule has 9 unspecified atom stereocenters. The predicted octanol–water partition coefficient (Wildman–Crippen LogP) is -6.01. The molecule has 1 rings (SSSR count). The lowest BCUT2D eigenvalue weighted by Crippen LogP contribution is -2.62. The number of nitrogens with one attached hydrogen (secondary N) is 1. The summed E-state index contributed by atoms with van der Waals surface area (Å²) in [5, 5.41) is 79.0. The second-order valence-corrected chi connectivity index (χ2v) is 5.60. The van der Waals surface area contributed by atoms with E-state index >= 15 is 0 Å². The highest BCUT2D eigenvalue weighted by Gasteiger charge is 2.47. The maximum atomic E-state index is 11.4. The van der Waals surface area contributed by atoms with Gasteiger partial charge in [-0.2, -0.15) is 0 Å². The van der Waals surface area contributed by atoms with Crippen LogP contribution in [0.3, 0.4) is 0 Å². The molecule has 148 valence electrons. The second kappa shape index (κ2) is 9.68. The average molecular weight is 371 g/mol. The Kier molecular flexibility index (Phi) is 8.56. The highest BCUT2D eigenvalue weighted by molar-refractivity contribution is 5.80. The standard InChI is InChI=1S/C13H25NO11/c1-14-12(23)9(21)8(20)11(4(17)2-15)25-13-10(22)7(19)6(18)5(3-16)24-13/h4-11,13,15-22H,2-3H2,1H3,(H,14,23). The topological polar surface area (TPSA) is 209 Å². The summed E-state index contributed by atoms with van der Waals surface area (Å²) in [4.78, 5) is 11.4. The van der Waals surface area contributed by atoms with E-state index in [0.29, 0.717) is 0 Å². The zero-order valence-electron chi connectivity index (χ0n) is 13.4. The second-order valence-electron chi connectivity index (χ2n) is 5.60. The first kappa shape index (κ1) is 22.1. The highest BCUT2D eigenvalue weighted by atomic mass is 16.7. The zero-order valence-corrected chi connectivity index (χ0v) is 13.4. The molecule has 12 nitrogen and oxygen atoms in total. The summed E-state index contributed by atoms with van der Waals surface area (Å²) < 4.78 is 10.2. The lowest BCUT2D eigenvalue weighted by atomic mass is 9.98. The summed E-state index contributed by atoms with van der Waals surface area (Å²) in [6.07, 6.45) is -16.0. The summed E-state index contributed by atoms with van der Waals surface area (Å²) in [5.74, 6) is -1.000. The van der Waals surface area contributed by atoms with E-state index < -0.39 is 74.2 Å². The molecule has 0 aromatic rings. The molecule has 1 saturated heterocycles. The minimum absolute atomic E-state index is 0.735. The van der Waals surface area contributed by atoms with Crippen LogP contribution in [0.15, 0.2) is 0 Å². The molecule has 25 heavy (non-hydrogen) atoms. The van der Waals surface area contributed by atoms with Crippen LogP contribution in [-0.2, 0) is 14.3 Å². The number of carbonyl (C=O) groups is 1. The average Bonchev–Trinajstić information content (AvgIpc) is 2.63. The van der Waals surface area contributed by atoms with Gasteiger partial charge in [0.05, 0.1) is 13.2 Å². The molecule has 0 aliphatic carbocycles. The van der Waals surface area contributed by atoms with E-state index in [1.807, 2.05) is 0 Å². The monoisotopic (exact) mass is 371 g/mol. The predicted molar refractivity (Wildman–Crippen MR) is 77.8 cm³/mol. The van der Waals surface area contributed by atoms with Gasteiger partial charge < -0.3 is 55.6 Å². The molecule has 1 aliphatic heterocycles. The Balaban J connectivity index is 2.95. The number of likely N-dealkylation sites (N-methyl/N-ethyl adjacent to an activating group) is 1. The van der Waals surface area contributed by atoms with Gasteiger partial charge in [-0.3, -0.25) is 4.79 Å². The van der Waals surface area contributed by atoms with Crippen LogP contribution in [0.5, 0.6) is 0 Å². The fourth-order valence-electron chi connectivity index (χ4n) is 2.32. The third-order valence-electron chi connectivity index (χ3n) is 3.88. The maximum absolute atomic E-state index is 11.4. The normalized spacial score (nSPS) is 34.8. The Bertz CT molecular complexity index is 423. The number of hydrogen-bond acceptors (Lipinski definition) is 11. The Labute approximate surface area is 142 Å². The minimum atomic E-state index is -2.04. The first-order valence-corrected chi connectivity index (χ1v) is 7.52. The number of aliphatic hydroxyl groups is 8. The largest absolute Gasteiger partial charge is 0.394 e.